The van der Waals surface area contributed by atoms with Crippen molar-refractivity contribution in [1.29, 1.82) is 5.26 Å². The third-order valence-electron chi connectivity index (χ3n) is 5.72. The molecule has 1 saturated heterocycles. The van der Waals surface area contributed by atoms with E-state index in [-0.39, 0.29) is 11.8 Å². The lowest BCUT2D eigenvalue weighted by atomic mass is 10.1. The Labute approximate surface area is 169 Å². The van der Waals surface area contributed by atoms with Gasteiger partial charge in [-0.05, 0) is 37.7 Å². The molecule has 2 heterocycles. The zero-order valence-corrected chi connectivity index (χ0v) is 16.9. The largest absolute Gasteiger partial charge is 0.352 e. The van der Waals surface area contributed by atoms with Crippen LogP contribution in [0, 0.1) is 11.3 Å². The first-order valence-corrected chi connectivity index (χ1v) is 11.0. The van der Waals surface area contributed by atoms with Crippen LogP contribution in [-0.4, -0.2) is 66.9 Å². The van der Waals surface area contributed by atoms with E-state index in [1.807, 2.05) is 0 Å². The summed E-state index contributed by atoms with van der Waals surface area (Å²) in [6, 6.07) is 2.68. The molecule has 0 radical (unpaired) electrons. The van der Waals surface area contributed by atoms with Crippen LogP contribution >= 0.6 is 11.3 Å². The second-order valence-corrected chi connectivity index (χ2v) is 9.04. The maximum Gasteiger partial charge on any atom is 0.234 e. The molecule has 150 valence electrons. The number of fused-ring (bicyclic) bond motifs is 1. The number of rotatable bonds is 7. The lowest BCUT2D eigenvalue weighted by Crippen LogP contribution is -2.50. The maximum absolute atomic E-state index is 12.4. The van der Waals surface area contributed by atoms with Crippen molar-refractivity contribution in [2.45, 2.75) is 44.6 Å². The highest BCUT2D eigenvalue weighted by atomic mass is 32.1. The Balaban J connectivity index is 1.18. The summed E-state index contributed by atoms with van der Waals surface area (Å²) in [7, 11) is 0. The molecule has 1 aliphatic heterocycles. The van der Waals surface area contributed by atoms with Crippen molar-refractivity contribution in [3.05, 3.63) is 16.0 Å². The quantitative estimate of drug-likeness (QED) is 0.720. The number of hydrogen-bond acceptors (Lipinski definition) is 6. The predicted molar refractivity (Wildman–Crippen MR) is 108 cm³/mol. The zero-order valence-electron chi connectivity index (χ0n) is 16.1. The molecule has 0 unspecified atom stereocenters. The van der Waals surface area contributed by atoms with Crippen molar-refractivity contribution in [1.82, 2.24) is 15.1 Å². The summed E-state index contributed by atoms with van der Waals surface area (Å²) in [5, 5.41) is 16.1. The van der Waals surface area contributed by atoms with Crippen molar-refractivity contribution >= 4 is 28.2 Å². The summed E-state index contributed by atoms with van der Waals surface area (Å²) in [4.78, 5) is 30.0. The van der Waals surface area contributed by atoms with E-state index in [2.05, 4.69) is 26.5 Å². The van der Waals surface area contributed by atoms with Gasteiger partial charge in [0, 0.05) is 50.1 Å². The fourth-order valence-corrected chi connectivity index (χ4v) is 5.19. The summed E-state index contributed by atoms with van der Waals surface area (Å²) in [6.45, 7) is 4.65. The van der Waals surface area contributed by atoms with Crippen molar-refractivity contribution in [3.8, 4) is 6.07 Å². The van der Waals surface area contributed by atoms with Crippen LogP contribution in [0.2, 0.25) is 0 Å². The van der Waals surface area contributed by atoms with E-state index < -0.39 is 0 Å². The molecule has 2 N–H and O–H groups in total. The first-order chi connectivity index (χ1) is 13.6. The molecule has 0 spiro atoms. The van der Waals surface area contributed by atoms with Gasteiger partial charge in [-0.15, -0.1) is 11.3 Å². The molecule has 28 heavy (non-hydrogen) atoms. The first kappa shape index (κ1) is 19.4. The van der Waals surface area contributed by atoms with E-state index in [4.69, 9.17) is 0 Å². The van der Waals surface area contributed by atoms with Crippen LogP contribution in [0.25, 0.3) is 0 Å². The Hall–Kier alpha value is -1.95. The number of carbonyl (C=O) groups is 2. The van der Waals surface area contributed by atoms with Crippen LogP contribution < -0.4 is 10.6 Å². The smallest absolute Gasteiger partial charge is 0.234 e. The summed E-state index contributed by atoms with van der Waals surface area (Å²) >= 11 is 1.56. The van der Waals surface area contributed by atoms with Crippen molar-refractivity contribution in [2.75, 3.05) is 44.6 Å². The lowest BCUT2D eigenvalue weighted by Gasteiger charge is -2.34. The molecule has 4 rings (SSSR count). The second kappa shape index (κ2) is 8.60. The highest BCUT2D eigenvalue weighted by molar-refractivity contribution is 7.16. The summed E-state index contributed by atoms with van der Waals surface area (Å²) in [5.41, 5.74) is 1.81. The van der Waals surface area contributed by atoms with E-state index in [0.29, 0.717) is 31.1 Å². The molecule has 0 bridgehead atoms. The fraction of sp³-hybridized carbons (Fsp3) is 0.650. The lowest BCUT2D eigenvalue weighted by molar-refractivity contribution is -0.122. The Morgan fingerprint density at radius 2 is 1.86 bits per heavy atom. The number of thiophene rings is 1. The van der Waals surface area contributed by atoms with Gasteiger partial charge < -0.3 is 15.5 Å². The Bertz CT molecular complexity index is 787. The molecule has 7 nitrogen and oxygen atoms in total. The highest BCUT2D eigenvalue weighted by Gasteiger charge is 2.26. The minimum Gasteiger partial charge on any atom is -0.352 e. The molecule has 0 aromatic carbocycles. The molecule has 0 atom stereocenters. The number of anilines is 1. The Morgan fingerprint density at radius 3 is 2.57 bits per heavy atom. The van der Waals surface area contributed by atoms with E-state index in [0.717, 1.165) is 68.8 Å². The van der Waals surface area contributed by atoms with Gasteiger partial charge in [-0.3, -0.25) is 14.5 Å². The van der Waals surface area contributed by atoms with Crippen molar-refractivity contribution in [3.63, 3.8) is 0 Å². The van der Waals surface area contributed by atoms with Crippen LogP contribution in [0.15, 0.2) is 0 Å². The average molecular weight is 402 g/mol. The third kappa shape index (κ3) is 4.72. The van der Waals surface area contributed by atoms with E-state index in [9.17, 15) is 14.9 Å². The maximum atomic E-state index is 12.4. The minimum atomic E-state index is -0.0253. The monoisotopic (exact) mass is 401 g/mol. The van der Waals surface area contributed by atoms with Gasteiger partial charge in [0.2, 0.25) is 11.8 Å². The number of piperazine rings is 1. The van der Waals surface area contributed by atoms with Gasteiger partial charge in [0.05, 0.1) is 12.1 Å². The molecule has 1 saturated carbocycles. The highest BCUT2D eigenvalue weighted by Crippen LogP contribution is 2.38. The standard InChI is InChI=1S/C20H27N5O2S/c21-12-16-15-2-1-3-17(15)28-20(16)23-18(26)6-7-24-8-10-25(11-9-24)13-19(27)22-14-4-5-14/h14H,1-11,13H2,(H,22,27)(H,23,26). The summed E-state index contributed by atoms with van der Waals surface area (Å²) < 4.78 is 0. The van der Waals surface area contributed by atoms with Crippen LogP contribution in [-0.2, 0) is 22.4 Å². The van der Waals surface area contributed by atoms with Gasteiger partial charge in [-0.25, -0.2) is 0 Å². The van der Waals surface area contributed by atoms with Crippen LogP contribution in [0.1, 0.15) is 41.7 Å². The molecular weight excluding hydrogens is 374 g/mol. The molecule has 2 amide bonds. The SMILES string of the molecule is N#Cc1c(NC(=O)CCN2CCN(CC(=O)NC3CC3)CC2)sc2c1CCC2. The number of nitriles is 1. The normalized spacial score (nSPS) is 19.8. The van der Waals surface area contributed by atoms with Gasteiger partial charge in [0.1, 0.15) is 11.1 Å². The number of hydrogen-bond donors (Lipinski definition) is 2. The Morgan fingerprint density at radius 1 is 1.11 bits per heavy atom. The number of amides is 2. The number of aryl methyl sites for hydroxylation is 1. The molecule has 8 heteroatoms. The van der Waals surface area contributed by atoms with E-state index in [1.54, 1.807) is 11.3 Å². The van der Waals surface area contributed by atoms with Gasteiger partial charge in [0.25, 0.3) is 0 Å². The van der Waals surface area contributed by atoms with Gasteiger partial charge in [0.15, 0.2) is 0 Å². The molecule has 3 aliphatic rings. The van der Waals surface area contributed by atoms with Crippen LogP contribution in [0.4, 0.5) is 5.00 Å². The van der Waals surface area contributed by atoms with Gasteiger partial charge in [-0.2, -0.15) is 5.26 Å². The van der Waals surface area contributed by atoms with E-state index >= 15 is 0 Å². The minimum absolute atomic E-state index is 0.0253. The van der Waals surface area contributed by atoms with Gasteiger partial charge >= 0.3 is 0 Å². The van der Waals surface area contributed by atoms with E-state index in [1.165, 1.54) is 4.88 Å². The molecule has 1 aromatic heterocycles. The molecule has 2 aliphatic carbocycles. The number of nitrogens with zero attached hydrogens (tertiary/aromatic N) is 3. The summed E-state index contributed by atoms with van der Waals surface area (Å²) in [6.07, 6.45) is 5.74. The van der Waals surface area contributed by atoms with Crippen LogP contribution in [0.5, 0.6) is 0 Å². The Kier molecular flexibility index (Phi) is 5.95. The summed E-state index contributed by atoms with van der Waals surface area (Å²) in [5.74, 6) is 0.106. The number of nitrogens with one attached hydrogen (secondary N) is 2. The molecular formula is C20H27N5O2S. The van der Waals surface area contributed by atoms with Crippen molar-refractivity contribution < 1.29 is 9.59 Å². The fourth-order valence-electron chi connectivity index (χ4n) is 3.93. The first-order valence-electron chi connectivity index (χ1n) is 10.2. The topological polar surface area (TPSA) is 88.5 Å². The number of carbonyl (C=O) groups excluding carboxylic acids is 2. The average Bonchev–Trinajstić information content (AvgIpc) is 3.26. The third-order valence-corrected chi connectivity index (χ3v) is 6.92. The van der Waals surface area contributed by atoms with Crippen molar-refractivity contribution in [2.24, 2.45) is 0 Å². The van der Waals surface area contributed by atoms with Crippen LogP contribution in [0.3, 0.4) is 0 Å². The zero-order chi connectivity index (χ0) is 19.5. The molecule has 2 fully saturated rings. The van der Waals surface area contributed by atoms with Gasteiger partial charge in [-0.1, -0.05) is 0 Å². The predicted octanol–water partition coefficient (Wildman–Crippen LogP) is 1.33. The molecule has 1 aromatic rings. The second-order valence-electron chi connectivity index (χ2n) is 7.93.